The molecule has 68 valence electrons. The fourth-order valence-electron chi connectivity index (χ4n) is 1.06. The largest absolute Gasteiger partial charge is 0.392 e. The molecule has 0 aliphatic carbocycles. The molecule has 13 heavy (non-hydrogen) atoms. The molecule has 0 saturated carbocycles. The van der Waals surface area contributed by atoms with Crippen molar-refractivity contribution in [2.75, 3.05) is 5.32 Å². The number of para-hydroxylation sites is 1. The number of nitrogens with one attached hydrogen (secondary N) is 1. The normalized spacial score (nSPS) is 11.8. The first-order valence-corrected chi connectivity index (χ1v) is 4.13. The third-order valence-electron chi connectivity index (χ3n) is 1.75. The molecule has 1 rings (SSSR count). The van der Waals surface area contributed by atoms with Crippen LogP contribution in [0.5, 0.6) is 0 Å². The molecular formula is C10H12N2O. The van der Waals surface area contributed by atoms with Crippen molar-refractivity contribution in [3.63, 3.8) is 0 Å². The maximum Gasteiger partial charge on any atom is 0.111 e. The molecule has 3 nitrogen and oxygen atoms in total. The van der Waals surface area contributed by atoms with E-state index in [0.29, 0.717) is 0 Å². The van der Waals surface area contributed by atoms with E-state index >= 15 is 0 Å². The molecule has 2 N–H and O–H groups in total. The van der Waals surface area contributed by atoms with Gasteiger partial charge in [-0.3, -0.25) is 0 Å². The van der Waals surface area contributed by atoms with Gasteiger partial charge in [-0.1, -0.05) is 18.2 Å². The van der Waals surface area contributed by atoms with Crippen LogP contribution in [0.3, 0.4) is 0 Å². The third-order valence-corrected chi connectivity index (χ3v) is 1.75. The van der Waals surface area contributed by atoms with Crippen LogP contribution >= 0.6 is 0 Å². The minimum atomic E-state index is -0.243. The number of hydrogen-bond donors (Lipinski definition) is 2. The second-order valence-electron chi connectivity index (χ2n) is 2.81. The minimum absolute atomic E-state index is 0.0126. The van der Waals surface area contributed by atoms with Crippen molar-refractivity contribution in [2.45, 2.75) is 19.6 Å². The van der Waals surface area contributed by atoms with Crippen molar-refractivity contribution in [3.8, 4) is 6.07 Å². The van der Waals surface area contributed by atoms with Gasteiger partial charge in [-0.05, 0) is 13.0 Å². The summed E-state index contributed by atoms with van der Waals surface area (Å²) in [5.41, 5.74) is 1.63. The lowest BCUT2D eigenvalue weighted by atomic mass is 10.2. The SMILES string of the molecule is CC(C#N)Nc1ccccc1CO. The number of aliphatic hydroxyl groups excluding tert-OH is 1. The van der Waals surface area contributed by atoms with Crippen LogP contribution in [0.15, 0.2) is 24.3 Å². The van der Waals surface area contributed by atoms with Crippen molar-refractivity contribution >= 4 is 5.69 Å². The molecular weight excluding hydrogens is 164 g/mol. The van der Waals surface area contributed by atoms with Gasteiger partial charge in [-0.15, -0.1) is 0 Å². The first kappa shape index (κ1) is 9.56. The van der Waals surface area contributed by atoms with Gasteiger partial charge in [0.1, 0.15) is 6.04 Å². The fourth-order valence-corrected chi connectivity index (χ4v) is 1.06. The molecule has 1 aromatic rings. The van der Waals surface area contributed by atoms with E-state index in [-0.39, 0.29) is 12.6 Å². The summed E-state index contributed by atoms with van der Waals surface area (Å²) >= 11 is 0. The lowest BCUT2D eigenvalue weighted by Crippen LogP contribution is -2.13. The lowest BCUT2D eigenvalue weighted by molar-refractivity contribution is 0.282. The van der Waals surface area contributed by atoms with Gasteiger partial charge in [0.2, 0.25) is 0 Å². The van der Waals surface area contributed by atoms with Crippen molar-refractivity contribution in [1.82, 2.24) is 0 Å². The molecule has 1 aromatic carbocycles. The quantitative estimate of drug-likeness (QED) is 0.733. The Morgan fingerprint density at radius 3 is 2.85 bits per heavy atom. The van der Waals surface area contributed by atoms with E-state index in [4.69, 9.17) is 10.4 Å². The zero-order chi connectivity index (χ0) is 9.68. The molecule has 1 atom stereocenters. The summed E-state index contributed by atoms with van der Waals surface area (Å²) < 4.78 is 0. The van der Waals surface area contributed by atoms with Gasteiger partial charge in [0.15, 0.2) is 0 Å². The molecule has 0 spiro atoms. The van der Waals surface area contributed by atoms with Crippen LogP contribution in [0, 0.1) is 11.3 Å². The Bertz CT molecular complexity index is 317. The van der Waals surface area contributed by atoms with Crippen LogP contribution in [0.2, 0.25) is 0 Å². The van der Waals surface area contributed by atoms with Gasteiger partial charge in [0.05, 0.1) is 12.7 Å². The molecule has 0 radical (unpaired) electrons. The topological polar surface area (TPSA) is 56.0 Å². The van der Waals surface area contributed by atoms with Crippen molar-refractivity contribution in [2.24, 2.45) is 0 Å². The molecule has 0 amide bonds. The molecule has 1 unspecified atom stereocenters. The van der Waals surface area contributed by atoms with E-state index in [1.807, 2.05) is 24.3 Å². The van der Waals surface area contributed by atoms with Gasteiger partial charge in [-0.2, -0.15) is 5.26 Å². The van der Waals surface area contributed by atoms with Crippen LogP contribution in [0.25, 0.3) is 0 Å². The summed E-state index contributed by atoms with van der Waals surface area (Å²) in [6.07, 6.45) is 0. The highest BCUT2D eigenvalue weighted by atomic mass is 16.3. The summed E-state index contributed by atoms with van der Waals surface area (Å²) in [4.78, 5) is 0. The van der Waals surface area contributed by atoms with E-state index in [1.165, 1.54) is 0 Å². The van der Waals surface area contributed by atoms with Crippen LogP contribution in [-0.4, -0.2) is 11.1 Å². The lowest BCUT2D eigenvalue weighted by Gasteiger charge is -2.11. The molecule has 0 aromatic heterocycles. The van der Waals surface area contributed by atoms with E-state index in [2.05, 4.69) is 11.4 Å². The first-order chi connectivity index (χ1) is 6.27. The number of rotatable bonds is 3. The predicted molar refractivity (Wildman–Crippen MR) is 51.1 cm³/mol. The highest BCUT2D eigenvalue weighted by Crippen LogP contribution is 2.15. The Hall–Kier alpha value is -1.53. The van der Waals surface area contributed by atoms with E-state index in [0.717, 1.165) is 11.3 Å². The second-order valence-corrected chi connectivity index (χ2v) is 2.81. The number of benzene rings is 1. The van der Waals surface area contributed by atoms with Gasteiger partial charge in [0.25, 0.3) is 0 Å². The smallest absolute Gasteiger partial charge is 0.111 e. The van der Waals surface area contributed by atoms with Crippen molar-refractivity contribution < 1.29 is 5.11 Å². The summed E-state index contributed by atoms with van der Waals surface area (Å²) in [7, 11) is 0. The summed E-state index contributed by atoms with van der Waals surface area (Å²) in [5, 5.41) is 20.6. The number of anilines is 1. The number of nitrogens with zero attached hydrogens (tertiary/aromatic N) is 1. The zero-order valence-electron chi connectivity index (χ0n) is 7.49. The number of nitriles is 1. The Morgan fingerprint density at radius 1 is 1.54 bits per heavy atom. The van der Waals surface area contributed by atoms with Crippen LogP contribution < -0.4 is 5.32 Å². The average Bonchev–Trinajstić information content (AvgIpc) is 2.18. The molecule has 3 heteroatoms. The highest BCUT2D eigenvalue weighted by Gasteiger charge is 2.02. The molecule has 0 fully saturated rings. The number of hydrogen-bond acceptors (Lipinski definition) is 3. The van der Waals surface area contributed by atoms with Gasteiger partial charge < -0.3 is 10.4 Å². The van der Waals surface area contributed by atoms with Crippen LogP contribution in [0.1, 0.15) is 12.5 Å². The average molecular weight is 176 g/mol. The van der Waals surface area contributed by atoms with Crippen molar-refractivity contribution in [3.05, 3.63) is 29.8 Å². The maximum absolute atomic E-state index is 8.98. The predicted octanol–water partition coefficient (Wildman–Crippen LogP) is 1.50. The monoisotopic (exact) mass is 176 g/mol. The third kappa shape index (κ3) is 2.46. The molecule has 0 heterocycles. The Labute approximate surface area is 77.6 Å². The first-order valence-electron chi connectivity index (χ1n) is 4.13. The molecule has 0 saturated heterocycles. The van der Waals surface area contributed by atoms with Gasteiger partial charge >= 0.3 is 0 Å². The van der Waals surface area contributed by atoms with Crippen LogP contribution in [-0.2, 0) is 6.61 Å². The molecule has 0 aliphatic heterocycles. The zero-order valence-corrected chi connectivity index (χ0v) is 7.49. The van der Waals surface area contributed by atoms with E-state index < -0.39 is 0 Å². The Balaban J connectivity index is 2.82. The summed E-state index contributed by atoms with van der Waals surface area (Å²) in [5.74, 6) is 0. The van der Waals surface area contributed by atoms with Gasteiger partial charge in [-0.25, -0.2) is 0 Å². The van der Waals surface area contributed by atoms with E-state index in [1.54, 1.807) is 6.92 Å². The van der Waals surface area contributed by atoms with Crippen molar-refractivity contribution in [1.29, 1.82) is 5.26 Å². The minimum Gasteiger partial charge on any atom is -0.392 e. The number of aliphatic hydroxyl groups is 1. The molecule has 0 bridgehead atoms. The Morgan fingerprint density at radius 2 is 2.23 bits per heavy atom. The Kier molecular flexibility index (Phi) is 3.30. The fraction of sp³-hybridized carbons (Fsp3) is 0.300. The standard InChI is InChI=1S/C10H12N2O/c1-8(6-11)12-10-5-3-2-4-9(10)7-13/h2-5,8,12-13H,7H2,1H3. The summed E-state index contributed by atoms with van der Waals surface area (Å²) in [6.45, 7) is 1.76. The van der Waals surface area contributed by atoms with E-state index in [9.17, 15) is 0 Å². The van der Waals surface area contributed by atoms with Crippen LogP contribution in [0.4, 0.5) is 5.69 Å². The maximum atomic E-state index is 8.98. The second kappa shape index (κ2) is 4.48. The van der Waals surface area contributed by atoms with Gasteiger partial charge in [0, 0.05) is 11.3 Å². The highest BCUT2D eigenvalue weighted by molar-refractivity contribution is 5.52. The molecule has 0 aliphatic rings. The summed E-state index contributed by atoms with van der Waals surface area (Å²) in [6, 6.07) is 9.22.